The lowest BCUT2D eigenvalue weighted by Crippen LogP contribution is -2.15. The SMILES string of the molecule is CCOC(=O)Nc1cccc(C(=O)Nc2cc(C)c(Cl)cc2OC)c1. The summed E-state index contributed by atoms with van der Waals surface area (Å²) >= 11 is 6.07. The molecule has 0 heterocycles. The molecule has 0 saturated carbocycles. The third kappa shape index (κ3) is 4.87. The second-order valence-corrected chi connectivity index (χ2v) is 5.59. The first-order valence-corrected chi connectivity index (χ1v) is 8.01. The van der Waals surface area contributed by atoms with Crippen LogP contribution in [0.3, 0.4) is 0 Å². The van der Waals surface area contributed by atoms with Crippen LogP contribution < -0.4 is 15.4 Å². The van der Waals surface area contributed by atoms with Gasteiger partial charge in [0.1, 0.15) is 5.75 Å². The van der Waals surface area contributed by atoms with Crippen LogP contribution in [0.1, 0.15) is 22.8 Å². The maximum atomic E-state index is 12.5. The molecule has 0 aliphatic rings. The van der Waals surface area contributed by atoms with Crippen molar-refractivity contribution in [1.82, 2.24) is 0 Å². The van der Waals surface area contributed by atoms with Gasteiger partial charge >= 0.3 is 6.09 Å². The van der Waals surface area contributed by atoms with Crippen molar-refractivity contribution in [1.29, 1.82) is 0 Å². The van der Waals surface area contributed by atoms with Gasteiger partial charge in [-0.25, -0.2) is 4.79 Å². The largest absolute Gasteiger partial charge is 0.495 e. The number of rotatable bonds is 5. The van der Waals surface area contributed by atoms with Crippen molar-refractivity contribution >= 4 is 35.0 Å². The molecule has 0 atom stereocenters. The monoisotopic (exact) mass is 362 g/mol. The Morgan fingerprint density at radius 2 is 1.92 bits per heavy atom. The number of carbonyl (C=O) groups excluding carboxylic acids is 2. The standard InChI is InChI=1S/C18H19ClN2O4/c1-4-25-18(23)20-13-7-5-6-12(9-13)17(22)21-15-8-11(2)14(19)10-16(15)24-3/h5-10H,4H2,1-3H3,(H,20,23)(H,21,22). The van der Waals surface area contributed by atoms with E-state index >= 15 is 0 Å². The molecule has 2 aromatic rings. The average Bonchev–Trinajstić information content (AvgIpc) is 2.58. The summed E-state index contributed by atoms with van der Waals surface area (Å²) < 4.78 is 10.1. The van der Waals surface area contributed by atoms with Crippen LogP contribution in [0.4, 0.5) is 16.2 Å². The van der Waals surface area contributed by atoms with Crippen molar-refractivity contribution in [2.24, 2.45) is 0 Å². The number of aryl methyl sites for hydroxylation is 1. The second-order valence-electron chi connectivity index (χ2n) is 5.18. The molecule has 0 aliphatic heterocycles. The van der Waals surface area contributed by atoms with E-state index in [9.17, 15) is 9.59 Å². The molecule has 0 unspecified atom stereocenters. The third-order valence-corrected chi connectivity index (χ3v) is 3.78. The molecule has 2 amide bonds. The van der Waals surface area contributed by atoms with Crippen LogP contribution in [-0.4, -0.2) is 25.7 Å². The van der Waals surface area contributed by atoms with Crippen LogP contribution in [0.25, 0.3) is 0 Å². The highest BCUT2D eigenvalue weighted by Gasteiger charge is 2.13. The number of ether oxygens (including phenoxy) is 2. The minimum atomic E-state index is -0.574. The van der Waals surface area contributed by atoms with Crippen LogP contribution in [0.2, 0.25) is 5.02 Å². The number of anilines is 2. The van der Waals surface area contributed by atoms with Gasteiger partial charge in [-0.2, -0.15) is 0 Å². The molecule has 25 heavy (non-hydrogen) atoms. The maximum absolute atomic E-state index is 12.5. The summed E-state index contributed by atoms with van der Waals surface area (Å²) in [6.07, 6.45) is -0.574. The van der Waals surface area contributed by atoms with Crippen LogP contribution in [0.5, 0.6) is 5.75 Å². The lowest BCUT2D eigenvalue weighted by atomic mass is 10.1. The smallest absolute Gasteiger partial charge is 0.411 e. The first-order valence-electron chi connectivity index (χ1n) is 7.64. The Hall–Kier alpha value is -2.73. The lowest BCUT2D eigenvalue weighted by Gasteiger charge is -2.13. The van der Waals surface area contributed by atoms with Crippen molar-refractivity contribution in [3.8, 4) is 5.75 Å². The Morgan fingerprint density at radius 3 is 2.60 bits per heavy atom. The van der Waals surface area contributed by atoms with Gasteiger partial charge in [0.05, 0.1) is 19.4 Å². The van der Waals surface area contributed by atoms with Crippen LogP contribution in [0, 0.1) is 6.92 Å². The van der Waals surface area contributed by atoms with E-state index in [1.165, 1.54) is 7.11 Å². The highest BCUT2D eigenvalue weighted by atomic mass is 35.5. The third-order valence-electron chi connectivity index (χ3n) is 3.38. The Morgan fingerprint density at radius 1 is 1.16 bits per heavy atom. The van der Waals surface area contributed by atoms with Crippen molar-refractivity contribution in [2.45, 2.75) is 13.8 Å². The van der Waals surface area contributed by atoms with Gasteiger partial charge in [-0.1, -0.05) is 17.7 Å². The Balaban J connectivity index is 2.19. The molecule has 7 heteroatoms. The van der Waals surface area contributed by atoms with E-state index in [-0.39, 0.29) is 12.5 Å². The van der Waals surface area contributed by atoms with E-state index in [0.29, 0.717) is 27.7 Å². The van der Waals surface area contributed by atoms with Gasteiger partial charge in [0.2, 0.25) is 0 Å². The molecule has 0 radical (unpaired) electrons. The molecule has 0 fully saturated rings. The summed E-state index contributed by atoms with van der Waals surface area (Å²) in [5.41, 5.74) is 2.17. The number of halogens is 1. The zero-order valence-electron chi connectivity index (χ0n) is 14.2. The van der Waals surface area contributed by atoms with Crippen molar-refractivity contribution in [2.75, 3.05) is 24.4 Å². The number of amides is 2. The first kappa shape index (κ1) is 18.6. The summed E-state index contributed by atoms with van der Waals surface area (Å²) in [7, 11) is 1.50. The minimum absolute atomic E-state index is 0.266. The van der Waals surface area contributed by atoms with E-state index < -0.39 is 6.09 Å². The second kappa shape index (κ2) is 8.39. The molecule has 132 valence electrons. The molecule has 2 rings (SSSR count). The zero-order valence-corrected chi connectivity index (χ0v) is 14.9. The summed E-state index contributed by atoms with van der Waals surface area (Å²) in [5.74, 6) is 0.122. The zero-order chi connectivity index (χ0) is 18.4. The number of carbonyl (C=O) groups is 2. The lowest BCUT2D eigenvalue weighted by molar-refractivity contribution is 0.102. The van der Waals surface area contributed by atoms with Gasteiger partial charge < -0.3 is 14.8 Å². The maximum Gasteiger partial charge on any atom is 0.411 e. The van der Waals surface area contributed by atoms with E-state index in [1.54, 1.807) is 43.3 Å². The Bertz CT molecular complexity index is 793. The van der Waals surface area contributed by atoms with Gasteiger partial charge in [0, 0.05) is 22.3 Å². The Labute approximate surface area is 151 Å². The average molecular weight is 363 g/mol. The van der Waals surface area contributed by atoms with Crippen LogP contribution in [0.15, 0.2) is 36.4 Å². The molecular weight excluding hydrogens is 344 g/mol. The summed E-state index contributed by atoms with van der Waals surface area (Å²) in [6, 6.07) is 9.91. The van der Waals surface area contributed by atoms with Gasteiger partial charge in [-0.05, 0) is 43.7 Å². The molecule has 0 aromatic heterocycles. The van der Waals surface area contributed by atoms with Crippen molar-refractivity contribution in [3.05, 3.63) is 52.5 Å². The van der Waals surface area contributed by atoms with Crippen LogP contribution >= 0.6 is 11.6 Å². The van der Waals surface area contributed by atoms with E-state index in [2.05, 4.69) is 10.6 Å². The predicted molar refractivity (Wildman–Crippen MR) is 97.8 cm³/mol. The van der Waals surface area contributed by atoms with Gasteiger partial charge in [-0.15, -0.1) is 0 Å². The van der Waals surface area contributed by atoms with E-state index in [1.807, 2.05) is 6.92 Å². The summed E-state index contributed by atoms with van der Waals surface area (Å²) in [6.45, 7) is 3.81. The fraction of sp³-hybridized carbons (Fsp3) is 0.222. The highest BCUT2D eigenvalue weighted by molar-refractivity contribution is 6.31. The van der Waals surface area contributed by atoms with Gasteiger partial charge in [0.25, 0.3) is 5.91 Å². The number of benzene rings is 2. The number of hydrogen-bond acceptors (Lipinski definition) is 4. The Kier molecular flexibility index (Phi) is 6.25. The quantitative estimate of drug-likeness (QED) is 0.822. The molecule has 0 bridgehead atoms. The minimum Gasteiger partial charge on any atom is -0.495 e. The molecule has 0 spiro atoms. The highest BCUT2D eigenvalue weighted by Crippen LogP contribution is 2.31. The van der Waals surface area contributed by atoms with Gasteiger partial charge in [-0.3, -0.25) is 10.1 Å². The van der Waals surface area contributed by atoms with Crippen LogP contribution in [-0.2, 0) is 4.74 Å². The molecule has 2 aromatic carbocycles. The first-order chi connectivity index (χ1) is 11.9. The fourth-order valence-electron chi connectivity index (χ4n) is 2.15. The van der Waals surface area contributed by atoms with Crippen molar-refractivity contribution < 1.29 is 19.1 Å². The summed E-state index contributed by atoms with van der Waals surface area (Å²) in [5, 5.41) is 5.89. The van der Waals surface area contributed by atoms with Crippen molar-refractivity contribution in [3.63, 3.8) is 0 Å². The van der Waals surface area contributed by atoms with Gasteiger partial charge in [0.15, 0.2) is 0 Å². The topological polar surface area (TPSA) is 76.7 Å². The molecule has 6 nitrogen and oxygen atoms in total. The van der Waals surface area contributed by atoms with E-state index in [0.717, 1.165) is 5.56 Å². The number of methoxy groups -OCH3 is 1. The molecular formula is C18H19ClN2O4. The summed E-state index contributed by atoms with van der Waals surface area (Å²) in [4.78, 5) is 24.0. The van der Waals surface area contributed by atoms with E-state index in [4.69, 9.17) is 21.1 Å². The number of hydrogen-bond donors (Lipinski definition) is 2. The number of nitrogens with one attached hydrogen (secondary N) is 2. The predicted octanol–water partition coefficient (Wildman–Crippen LogP) is 4.48. The molecule has 0 saturated heterocycles. The normalized spacial score (nSPS) is 10.1. The molecule has 0 aliphatic carbocycles. The fourth-order valence-corrected chi connectivity index (χ4v) is 2.30. The molecule has 2 N–H and O–H groups in total.